The van der Waals surface area contributed by atoms with Crippen LogP contribution in [-0.2, 0) is 14.4 Å². The van der Waals surface area contributed by atoms with Gasteiger partial charge >= 0.3 is 0 Å². The number of nitrogens with zero attached hydrogens (tertiary/aromatic N) is 4. The van der Waals surface area contributed by atoms with Crippen LogP contribution in [0.25, 0.3) is 0 Å². The van der Waals surface area contributed by atoms with E-state index in [1.165, 1.54) is 24.3 Å². The third-order valence-corrected chi connectivity index (χ3v) is 6.62. The lowest BCUT2D eigenvalue weighted by molar-refractivity contribution is -0.384. The number of rotatable bonds is 3. The van der Waals surface area contributed by atoms with Crippen LogP contribution < -0.4 is 4.90 Å². The van der Waals surface area contributed by atoms with E-state index in [4.69, 9.17) is 0 Å². The normalized spacial score (nSPS) is 25.7. The summed E-state index contributed by atoms with van der Waals surface area (Å²) in [7, 11) is 0. The largest absolute Gasteiger partial charge is 0.297 e. The molecule has 0 spiro atoms. The van der Waals surface area contributed by atoms with Crippen LogP contribution in [0.4, 0.5) is 11.4 Å². The molecule has 9 heteroatoms. The summed E-state index contributed by atoms with van der Waals surface area (Å²) >= 11 is 0. The van der Waals surface area contributed by atoms with E-state index in [9.17, 15) is 24.5 Å². The molecule has 2 aromatic carbocycles. The summed E-state index contributed by atoms with van der Waals surface area (Å²) in [5, 5.41) is 17.2. The Bertz CT molecular complexity index is 1230. The molecule has 168 valence electrons. The van der Waals surface area contributed by atoms with Crippen molar-refractivity contribution in [3.8, 4) is 0 Å². The van der Waals surface area contributed by atoms with Crippen LogP contribution in [0.15, 0.2) is 53.6 Å². The van der Waals surface area contributed by atoms with Crippen LogP contribution in [0.2, 0.25) is 0 Å². The van der Waals surface area contributed by atoms with Crippen molar-refractivity contribution < 1.29 is 19.3 Å². The zero-order valence-electron chi connectivity index (χ0n) is 18.3. The van der Waals surface area contributed by atoms with Gasteiger partial charge in [-0.05, 0) is 23.3 Å². The fourth-order valence-electron chi connectivity index (χ4n) is 5.09. The molecular formula is C24H22N4O5. The van der Waals surface area contributed by atoms with Gasteiger partial charge < -0.3 is 0 Å². The Morgan fingerprint density at radius 1 is 1.00 bits per heavy atom. The highest BCUT2D eigenvalue weighted by Gasteiger charge is 2.66. The van der Waals surface area contributed by atoms with E-state index in [0.717, 1.165) is 16.0 Å². The first-order valence-corrected chi connectivity index (χ1v) is 10.7. The molecule has 0 saturated carbocycles. The highest BCUT2D eigenvalue weighted by molar-refractivity contribution is 6.24. The van der Waals surface area contributed by atoms with Gasteiger partial charge in [0.25, 0.3) is 5.69 Å². The first-order valence-electron chi connectivity index (χ1n) is 10.7. The summed E-state index contributed by atoms with van der Waals surface area (Å²) in [6.07, 6.45) is 1.67. The number of non-ortho nitro benzene ring substituents is 1. The number of carbonyl (C=O) groups is 3. The minimum atomic E-state index is -0.896. The van der Waals surface area contributed by atoms with E-state index in [1.54, 1.807) is 32.0 Å². The van der Waals surface area contributed by atoms with Gasteiger partial charge in [-0.25, -0.2) is 4.90 Å². The van der Waals surface area contributed by atoms with Crippen LogP contribution in [0, 0.1) is 27.4 Å². The molecule has 33 heavy (non-hydrogen) atoms. The van der Waals surface area contributed by atoms with Gasteiger partial charge in [0.1, 0.15) is 6.04 Å². The van der Waals surface area contributed by atoms with Crippen molar-refractivity contribution in [1.82, 2.24) is 5.01 Å². The number of ketones is 1. The van der Waals surface area contributed by atoms with Crippen molar-refractivity contribution in [3.63, 3.8) is 0 Å². The van der Waals surface area contributed by atoms with Gasteiger partial charge in [-0.2, -0.15) is 5.10 Å². The van der Waals surface area contributed by atoms with E-state index in [0.29, 0.717) is 0 Å². The Kier molecular flexibility index (Phi) is 4.49. The summed E-state index contributed by atoms with van der Waals surface area (Å²) < 4.78 is 0. The van der Waals surface area contributed by atoms with Gasteiger partial charge in [-0.3, -0.25) is 29.5 Å². The molecule has 5 rings (SSSR count). The predicted molar refractivity (Wildman–Crippen MR) is 119 cm³/mol. The molecule has 0 aliphatic carbocycles. The summed E-state index contributed by atoms with van der Waals surface area (Å²) in [4.78, 5) is 52.4. The van der Waals surface area contributed by atoms with Crippen molar-refractivity contribution in [2.45, 2.75) is 32.9 Å². The lowest BCUT2D eigenvalue weighted by Gasteiger charge is -2.35. The molecule has 3 aliphatic rings. The zero-order chi connectivity index (χ0) is 23.7. The molecule has 0 N–H and O–H groups in total. The Hall–Kier alpha value is -3.88. The number of hydrogen-bond acceptors (Lipinski definition) is 7. The van der Waals surface area contributed by atoms with Crippen molar-refractivity contribution in [1.29, 1.82) is 0 Å². The number of fused-ring (bicyclic) bond motifs is 5. The molecule has 2 saturated heterocycles. The maximum Gasteiger partial charge on any atom is 0.269 e. The maximum absolute atomic E-state index is 13.7. The van der Waals surface area contributed by atoms with E-state index in [1.807, 2.05) is 24.3 Å². The molecule has 2 amide bonds. The Labute approximate surface area is 189 Å². The number of hydrogen-bond donors (Lipinski definition) is 0. The SMILES string of the molecule is CC(C)(C)C(=O)[C@@H]1[C@H]2C(=O)N(c3ccc([N+](=O)[O-])cc3)C(=O)[C@@H]2[C@H]2c3ccccc3C=NN12. The lowest BCUT2D eigenvalue weighted by atomic mass is 9.79. The number of nitro benzene ring substituents is 1. The number of carbonyl (C=O) groups excluding carboxylic acids is 3. The topological polar surface area (TPSA) is 113 Å². The minimum absolute atomic E-state index is 0.138. The van der Waals surface area contributed by atoms with E-state index < -0.39 is 46.1 Å². The maximum atomic E-state index is 13.7. The van der Waals surface area contributed by atoms with Gasteiger partial charge in [-0.1, -0.05) is 45.0 Å². The Morgan fingerprint density at radius 3 is 2.27 bits per heavy atom. The molecule has 3 heterocycles. The zero-order valence-corrected chi connectivity index (χ0v) is 18.3. The summed E-state index contributed by atoms with van der Waals surface area (Å²) in [5.74, 6) is -2.76. The number of imide groups is 1. The average Bonchev–Trinajstić information content (AvgIpc) is 3.25. The Balaban J connectivity index is 1.63. The average molecular weight is 446 g/mol. The molecular weight excluding hydrogens is 424 g/mol. The number of nitro groups is 1. The number of benzene rings is 2. The molecule has 3 aliphatic heterocycles. The summed E-state index contributed by atoms with van der Waals surface area (Å²) in [6, 6.07) is 11.4. The first-order chi connectivity index (χ1) is 15.6. The molecule has 0 unspecified atom stereocenters. The second kappa shape index (κ2) is 7.06. The smallest absolute Gasteiger partial charge is 0.269 e. The molecule has 0 aromatic heterocycles. The van der Waals surface area contributed by atoms with Crippen LogP contribution in [0.3, 0.4) is 0 Å². The van der Waals surface area contributed by atoms with Crippen LogP contribution >= 0.6 is 0 Å². The van der Waals surface area contributed by atoms with Gasteiger partial charge in [0.15, 0.2) is 5.78 Å². The fraction of sp³-hybridized carbons (Fsp3) is 0.333. The van der Waals surface area contributed by atoms with Crippen LogP contribution in [-0.4, -0.2) is 39.8 Å². The summed E-state index contributed by atoms with van der Waals surface area (Å²) in [5.41, 5.74) is 1.06. The lowest BCUT2D eigenvalue weighted by Crippen LogP contribution is -2.48. The first kappa shape index (κ1) is 21.0. The molecule has 0 radical (unpaired) electrons. The van der Waals surface area contributed by atoms with Gasteiger partial charge in [-0.15, -0.1) is 0 Å². The predicted octanol–water partition coefficient (Wildman–Crippen LogP) is 3.09. The van der Waals surface area contributed by atoms with E-state index in [-0.39, 0.29) is 17.2 Å². The monoisotopic (exact) mass is 446 g/mol. The molecule has 9 nitrogen and oxygen atoms in total. The summed E-state index contributed by atoms with van der Waals surface area (Å²) in [6.45, 7) is 5.36. The molecule has 4 atom stereocenters. The number of hydrazone groups is 1. The van der Waals surface area contributed by atoms with Gasteiger partial charge in [0.05, 0.1) is 34.7 Å². The molecule has 0 bridgehead atoms. The third kappa shape index (κ3) is 2.99. The van der Waals surface area contributed by atoms with Crippen molar-refractivity contribution in [2.75, 3.05) is 4.90 Å². The number of amides is 2. The second-order valence-electron chi connectivity index (χ2n) is 9.59. The van der Waals surface area contributed by atoms with Crippen molar-refractivity contribution in [2.24, 2.45) is 22.4 Å². The van der Waals surface area contributed by atoms with Gasteiger partial charge in [0, 0.05) is 17.5 Å². The van der Waals surface area contributed by atoms with E-state index >= 15 is 0 Å². The Morgan fingerprint density at radius 2 is 1.64 bits per heavy atom. The van der Waals surface area contributed by atoms with E-state index in [2.05, 4.69) is 5.10 Å². The van der Waals surface area contributed by atoms with Crippen LogP contribution in [0.5, 0.6) is 0 Å². The van der Waals surface area contributed by atoms with Crippen LogP contribution in [0.1, 0.15) is 37.9 Å². The molecule has 2 aromatic rings. The quantitative estimate of drug-likeness (QED) is 0.407. The molecule has 2 fully saturated rings. The number of anilines is 1. The highest BCUT2D eigenvalue weighted by Crippen LogP contribution is 2.53. The third-order valence-electron chi connectivity index (χ3n) is 6.62. The standard InChI is InChI=1S/C24H22N4O5/c1-24(2,3)21(29)20-18-17(19-16-7-5-4-6-13(16)12-25-27(19)20)22(30)26(23(18)31)14-8-10-15(11-9-14)28(32)33/h4-12,17-20H,1-3H3/t17-,18-,19+,20-/m0/s1. The highest BCUT2D eigenvalue weighted by atomic mass is 16.6. The number of Topliss-reactive ketones (excluding diaryl/α,β-unsaturated/α-hetero) is 1. The van der Waals surface area contributed by atoms with Crippen molar-refractivity contribution in [3.05, 3.63) is 69.8 Å². The van der Waals surface area contributed by atoms with Crippen molar-refractivity contribution >= 4 is 35.2 Å². The van der Waals surface area contributed by atoms with Gasteiger partial charge in [0.2, 0.25) is 11.8 Å². The fourth-order valence-corrected chi connectivity index (χ4v) is 5.09. The second-order valence-corrected chi connectivity index (χ2v) is 9.59. The minimum Gasteiger partial charge on any atom is -0.297 e.